The van der Waals surface area contributed by atoms with Gasteiger partial charge in [0.15, 0.2) is 0 Å². The Morgan fingerprint density at radius 3 is 2.43 bits per heavy atom. The van der Waals surface area contributed by atoms with Crippen LogP contribution in [0.25, 0.3) is 0 Å². The minimum Gasteiger partial charge on any atom is -0.328 e. The predicted molar refractivity (Wildman–Crippen MR) is 59.3 cm³/mol. The molecule has 1 aliphatic carbocycles. The number of hydrogen-bond donors (Lipinski definition) is 1. The molecule has 3 heteroatoms. The van der Waals surface area contributed by atoms with E-state index in [2.05, 4.69) is 16.8 Å². The van der Waals surface area contributed by atoms with Gasteiger partial charge in [-0.05, 0) is 26.3 Å². The van der Waals surface area contributed by atoms with E-state index in [0.29, 0.717) is 6.04 Å². The summed E-state index contributed by atoms with van der Waals surface area (Å²) in [4.78, 5) is 5.07. The van der Waals surface area contributed by atoms with Gasteiger partial charge in [-0.15, -0.1) is 0 Å². The van der Waals surface area contributed by atoms with Crippen molar-refractivity contribution >= 4 is 0 Å². The molecule has 2 rings (SSSR count). The van der Waals surface area contributed by atoms with E-state index in [1.807, 2.05) is 0 Å². The second-order valence-corrected chi connectivity index (χ2v) is 4.92. The lowest BCUT2D eigenvalue weighted by Crippen LogP contribution is -2.51. The van der Waals surface area contributed by atoms with E-state index >= 15 is 0 Å². The zero-order valence-corrected chi connectivity index (χ0v) is 9.28. The van der Waals surface area contributed by atoms with Gasteiger partial charge in [0, 0.05) is 38.3 Å². The molecular formula is C11H23N3. The first kappa shape index (κ1) is 10.4. The fourth-order valence-corrected chi connectivity index (χ4v) is 2.72. The number of piperazine rings is 1. The first-order valence-electron chi connectivity index (χ1n) is 5.94. The predicted octanol–water partition coefficient (Wildman–Crippen LogP) is 0.504. The molecule has 3 nitrogen and oxygen atoms in total. The van der Waals surface area contributed by atoms with Crippen LogP contribution in [0.1, 0.15) is 25.7 Å². The lowest BCUT2D eigenvalue weighted by atomic mass is 9.90. The van der Waals surface area contributed by atoms with Gasteiger partial charge < -0.3 is 10.6 Å². The van der Waals surface area contributed by atoms with Crippen LogP contribution in [0.3, 0.4) is 0 Å². The smallest absolute Gasteiger partial charge is 0.0113 e. The Balaban J connectivity index is 1.82. The minimum atomic E-state index is 0.466. The zero-order valence-electron chi connectivity index (χ0n) is 9.28. The van der Waals surface area contributed by atoms with Crippen LogP contribution in [0.2, 0.25) is 0 Å². The molecule has 1 saturated carbocycles. The summed E-state index contributed by atoms with van der Waals surface area (Å²) in [6.07, 6.45) is 5.17. The van der Waals surface area contributed by atoms with Gasteiger partial charge in [0.1, 0.15) is 0 Å². The molecule has 14 heavy (non-hydrogen) atoms. The second-order valence-electron chi connectivity index (χ2n) is 4.92. The Morgan fingerprint density at radius 1 is 1.07 bits per heavy atom. The summed E-state index contributed by atoms with van der Waals surface area (Å²) in [6.45, 7) is 4.94. The number of nitrogens with two attached hydrogens (primary N) is 1. The van der Waals surface area contributed by atoms with E-state index < -0.39 is 0 Å². The fourth-order valence-electron chi connectivity index (χ4n) is 2.72. The molecule has 0 aromatic heterocycles. The molecule has 0 amide bonds. The van der Waals surface area contributed by atoms with Gasteiger partial charge in [0.25, 0.3) is 0 Å². The van der Waals surface area contributed by atoms with E-state index in [9.17, 15) is 0 Å². The van der Waals surface area contributed by atoms with Crippen LogP contribution in [-0.2, 0) is 0 Å². The molecule has 0 spiro atoms. The fraction of sp³-hybridized carbons (Fsp3) is 1.00. The van der Waals surface area contributed by atoms with Crippen LogP contribution in [0.15, 0.2) is 0 Å². The highest BCUT2D eigenvalue weighted by Crippen LogP contribution is 2.22. The van der Waals surface area contributed by atoms with Crippen molar-refractivity contribution in [3.63, 3.8) is 0 Å². The summed E-state index contributed by atoms with van der Waals surface area (Å²) in [5.74, 6) is 0. The van der Waals surface area contributed by atoms with Crippen molar-refractivity contribution in [3.05, 3.63) is 0 Å². The van der Waals surface area contributed by atoms with Crippen LogP contribution in [-0.4, -0.2) is 55.1 Å². The number of hydrogen-bond acceptors (Lipinski definition) is 3. The van der Waals surface area contributed by atoms with Crippen LogP contribution in [0.4, 0.5) is 0 Å². The zero-order chi connectivity index (χ0) is 9.97. The normalized spacial score (nSPS) is 37.3. The maximum atomic E-state index is 6.02. The van der Waals surface area contributed by atoms with Gasteiger partial charge in [0.2, 0.25) is 0 Å². The monoisotopic (exact) mass is 197 g/mol. The molecule has 1 unspecified atom stereocenters. The van der Waals surface area contributed by atoms with E-state index in [-0.39, 0.29) is 0 Å². The van der Waals surface area contributed by atoms with Crippen molar-refractivity contribution in [2.24, 2.45) is 5.73 Å². The molecule has 2 fully saturated rings. The minimum absolute atomic E-state index is 0.466. The molecule has 0 aromatic rings. The standard InChI is InChI=1S/C11H23N3/c1-13-5-7-14(8-6-13)11-4-2-3-10(12)9-11/h10-11H,2-9,12H2,1H3/t10-,11?/m0/s1. The summed E-state index contributed by atoms with van der Waals surface area (Å²) >= 11 is 0. The van der Waals surface area contributed by atoms with Crippen LogP contribution < -0.4 is 5.73 Å². The Hall–Kier alpha value is -0.120. The highest BCUT2D eigenvalue weighted by atomic mass is 15.3. The molecule has 2 atom stereocenters. The highest BCUT2D eigenvalue weighted by Gasteiger charge is 2.26. The van der Waals surface area contributed by atoms with E-state index in [4.69, 9.17) is 5.73 Å². The average molecular weight is 197 g/mol. The number of rotatable bonds is 1. The SMILES string of the molecule is CN1CCN(C2CCC[C@H](N)C2)CC1. The van der Waals surface area contributed by atoms with Gasteiger partial charge in [-0.3, -0.25) is 4.90 Å². The van der Waals surface area contributed by atoms with Crippen molar-refractivity contribution in [2.75, 3.05) is 33.2 Å². The van der Waals surface area contributed by atoms with Gasteiger partial charge in [-0.2, -0.15) is 0 Å². The molecule has 2 aliphatic rings. The quantitative estimate of drug-likeness (QED) is 0.664. The molecule has 2 N–H and O–H groups in total. The van der Waals surface area contributed by atoms with Crippen LogP contribution >= 0.6 is 0 Å². The highest BCUT2D eigenvalue weighted by molar-refractivity contribution is 4.84. The summed E-state index contributed by atoms with van der Waals surface area (Å²) in [7, 11) is 2.21. The van der Waals surface area contributed by atoms with Crippen LogP contribution in [0, 0.1) is 0 Å². The summed E-state index contributed by atoms with van der Waals surface area (Å²) < 4.78 is 0. The topological polar surface area (TPSA) is 32.5 Å². The molecular weight excluding hydrogens is 174 g/mol. The van der Waals surface area contributed by atoms with Crippen molar-refractivity contribution in [1.29, 1.82) is 0 Å². The van der Waals surface area contributed by atoms with Crippen molar-refractivity contribution in [1.82, 2.24) is 9.80 Å². The molecule has 0 aromatic carbocycles. The van der Waals surface area contributed by atoms with Crippen molar-refractivity contribution < 1.29 is 0 Å². The number of nitrogens with zero attached hydrogens (tertiary/aromatic N) is 2. The Morgan fingerprint density at radius 2 is 1.79 bits per heavy atom. The van der Waals surface area contributed by atoms with Crippen molar-refractivity contribution in [2.45, 2.75) is 37.8 Å². The van der Waals surface area contributed by atoms with E-state index in [1.165, 1.54) is 51.9 Å². The molecule has 1 aliphatic heterocycles. The van der Waals surface area contributed by atoms with Crippen LogP contribution in [0.5, 0.6) is 0 Å². The number of likely N-dealkylation sites (N-methyl/N-ethyl adjacent to an activating group) is 1. The Labute approximate surface area is 87.2 Å². The average Bonchev–Trinajstić information content (AvgIpc) is 2.19. The molecule has 82 valence electrons. The maximum Gasteiger partial charge on any atom is 0.0113 e. The lowest BCUT2D eigenvalue weighted by molar-refractivity contribution is 0.0869. The Kier molecular flexibility index (Phi) is 3.42. The van der Waals surface area contributed by atoms with Gasteiger partial charge in [-0.1, -0.05) is 6.42 Å². The third kappa shape index (κ3) is 2.47. The third-order valence-electron chi connectivity index (χ3n) is 3.74. The van der Waals surface area contributed by atoms with Gasteiger partial charge in [0.05, 0.1) is 0 Å². The maximum absolute atomic E-state index is 6.02. The molecule has 1 heterocycles. The largest absolute Gasteiger partial charge is 0.328 e. The summed E-state index contributed by atoms with van der Waals surface area (Å²) in [6, 6.07) is 1.25. The molecule has 0 radical (unpaired) electrons. The third-order valence-corrected chi connectivity index (χ3v) is 3.74. The summed E-state index contributed by atoms with van der Waals surface area (Å²) in [5.41, 5.74) is 6.02. The van der Waals surface area contributed by atoms with E-state index in [0.717, 1.165) is 6.04 Å². The summed E-state index contributed by atoms with van der Waals surface area (Å²) in [5, 5.41) is 0. The first-order valence-corrected chi connectivity index (χ1v) is 5.94. The first-order chi connectivity index (χ1) is 6.75. The van der Waals surface area contributed by atoms with Gasteiger partial charge >= 0.3 is 0 Å². The van der Waals surface area contributed by atoms with E-state index in [1.54, 1.807) is 0 Å². The second kappa shape index (κ2) is 4.60. The van der Waals surface area contributed by atoms with Crippen molar-refractivity contribution in [3.8, 4) is 0 Å². The molecule has 1 saturated heterocycles. The Bertz CT molecular complexity index is 175. The van der Waals surface area contributed by atoms with Gasteiger partial charge in [-0.25, -0.2) is 0 Å². The molecule has 0 bridgehead atoms. The lowest BCUT2D eigenvalue weighted by Gasteiger charge is -2.40.